The number of benzene rings is 6. The molecule has 0 aliphatic carbocycles. The van der Waals surface area contributed by atoms with Crippen LogP contribution in [0.25, 0.3) is 0 Å². The molecule has 0 aliphatic heterocycles. The van der Waals surface area contributed by atoms with Crippen LogP contribution in [-0.4, -0.2) is 30.1 Å². The lowest BCUT2D eigenvalue weighted by Gasteiger charge is -2.18. The van der Waals surface area contributed by atoms with E-state index in [1.165, 1.54) is 142 Å². The van der Waals surface area contributed by atoms with Crippen LogP contribution in [0.3, 0.4) is 0 Å². The number of terminal acetylenes is 1. The molecule has 0 amide bonds. The average molecular weight is 1510 g/mol. The summed E-state index contributed by atoms with van der Waals surface area (Å²) in [7, 11) is 0. The van der Waals surface area contributed by atoms with Crippen molar-refractivity contribution >= 4 is 23.5 Å². The maximum absolute atomic E-state index is 11.9. The predicted octanol–water partition coefficient (Wildman–Crippen LogP) is 25.7. The molecular weight excluding hydrogens is 1370 g/mol. The quantitative estimate of drug-likeness (QED) is 0.0772. The summed E-state index contributed by atoms with van der Waals surface area (Å²) in [6.45, 7) is 94.6. The summed E-state index contributed by atoms with van der Waals surface area (Å²) in [5, 5.41) is 0. The SMILES string of the molecule is C#CCCC.C=C(C)C(=O)OCC#Cc1c(C)c(C)c(C#Cc2c(C)c(C)c(COC(=O)C(=C)C)c(C)c2C)c(C)c1C.C=C(C)C(C)=O.C=C(C)C(C)=O.CC.CC.CCC#Cc1c(C)c(C)c(C#Cc2c(C)c(C)c(CC)c(C)c2C)c(C)c1C.CCc1c(C)c(C)c(C#Cc2c(C)c(C)c(C)c(C)c2C)c(C)c1C. The van der Waals surface area contributed by atoms with E-state index < -0.39 is 5.97 Å². The number of Topliss-reactive ketones (excluding diaryl/α,β-unsaturated/α-hetero) is 2. The highest BCUT2D eigenvalue weighted by molar-refractivity contribution is 5.92. The van der Waals surface area contributed by atoms with Crippen molar-refractivity contribution in [2.45, 2.75) is 309 Å². The van der Waals surface area contributed by atoms with E-state index in [9.17, 15) is 19.2 Å². The van der Waals surface area contributed by atoms with Crippen molar-refractivity contribution in [2.24, 2.45) is 0 Å². The van der Waals surface area contributed by atoms with Crippen molar-refractivity contribution in [3.8, 4) is 71.5 Å². The van der Waals surface area contributed by atoms with Gasteiger partial charge in [-0.25, -0.2) is 9.59 Å². The summed E-state index contributed by atoms with van der Waals surface area (Å²) in [5.74, 6) is 35.6. The van der Waals surface area contributed by atoms with Crippen LogP contribution in [0.2, 0.25) is 0 Å². The number of ketones is 2. The number of hydrogen-bond donors (Lipinski definition) is 0. The van der Waals surface area contributed by atoms with E-state index in [1.807, 2.05) is 55.4 Å². The van der Waals surface area contributed by atoms with E-state index >= 15 is 0 Å². The summed E-state index contributed by atoms with van der Waals surface area (Å²) < 4.78 is 10.5. The van der Waals surface area contributed by atoms with E-state index in [2.05, 4.69) is 265 Å². The molecule has 0 unspecified atom stereocenters. The second-order valence-electron chi connectivity index (χ2n) is 28.8. The molecule has 0 aromatic heterocycles. The molecule has 0 heterocycles. The van der Waals surface area contributed by atoms with Crippen LogP contribution in [0.5, 0.6) is 0 Å². The molecule has 0 fully saturated rings. The summed E-state index contributed by atoms with van der Waals surface area (Å²) in [6.07, 6.45) is 9.95. The minimum absolute atomic E-state index is 0.0177. The Morgan fingerprint density at radius 3 is 0.679 bits per heavy atom. The highest BCUT2D eigenvalue weighted by atomic mass is 16.5. The fraction of sp³-hybridized carbons (Fsp3) is 0.434. The fourth-order valence-electron chi connectivity index (χ4n) is 12.4. The molecule has 6 nitrogen and oxygen atoms in total. The lowest BCUT2D eigenvalue weighted by atomic mass is 9.87. The number of carbonyl (C=O) groups is 4. The Bertz CT molecular complexity index is 4700. The van der Waals surface area contributed by atoms with E-state index in [0.29, 0.717) is 22.3 Å². The van der Waals surface area contributed by atoms with Crippen LogP contribution in [-0.2, 0) is 48.1 Å². The molecule has 0 saturated heterocycles. The maximum atomic E-state index is 11.9. The maximum Gasteiger partial charge on any atom is 0.334 e. The molecule has 0 aliphatic rings. The zero-order chi connectivity index (χ0) is 87.5. The highest BCUT2D eigenvalue weighted by Gasteiger charge is 2.20. The van der Waals surface area contributed by atoms with Crippen molar-refractivity contribution < 1.29 is 28.7 Å². The number of hydrogen-bond acceptors (Lipinski definition) is 6. The van der Waals surface area contributed by atoms with Gasteiger partial charge in [0, 0.05) is 68.5 Å². The molecule has 0 radical (unpaired) electrons. The van der Waals surface area contributed by atoms with Gasteiger partial charge in [-0.2, -0.15) is 0 Å². The lowest BCUT2D eigenvalue weighted by Crippen LogP contribution is -2.09. The monoisotopic (exact) mass is 1510 g/mol. The van der Waals surface area contributed by atoms with Crippen molar-refractivity contribution in [3.63, 3.8) is 0 Å². The molecule has 6 aromatic rings. The second kappa shape index (κ2) is 50.0. The topological polar surface area (TPSA) is 86.7 Å². The highest BCUT2D eigenvalue weighted by Crippen LogP contribution is 2.33. The minimum Gasteiger partial charge on any atom is -0.457 e. The Hall–Kier alpha value is -10.1. The largest absolute Gasteiger partial charge is 0.457 e. The predicted molar refractivity (Wildman–Crippen MR) is 486 cm³/mol. The van der Waals surface area contributed by atoms with Crippen molar-refractivity contribution in [1.29, 1.82) is 0 Å². The van der Waals surface area contributed by atoms with E-state index in [1.54, 1.807) is 27.7 Å². The Kier molecular flexibility index (Phi) is 46.4. The fourth-order valence-corrected chi connectivity index (χ4v) is 12.4. The molecule has 6 aromatic carbocycles. The number of allylic oxidation sites excluding steroid dienone is 2. The second-order valence-corrected chi connectivity index (χ2v) is 28.8. The molecule has 0 bridgehead atoms. The molecular formula is C106H140O6. The third kappa shape index (κ3) is 28.0. The zero-order valence-corrected chi connectivity index (χ0v) is 77.3. The number of ether oxygens (including phenoxy) is 2. The van der Waals surface area contributed by atoms with E-state index in [0.717, 1.165) is 104 Å². The molecule has 6 heteroatoms. The van der Waals surface area contributed by atoms with Gasteiger partial charge in [0.25, 0.3) is 0 Å². The first-order chi connectivity index (χ1) is 52.2. The smallest absolute Gasteiger partial charge is 0.334 e. The van der Waals surface area contributed by atoms with Gasteiger partial charge in [-0.3, -0.25) is 9.59 Å². The first-order valence-electron chi connectivity index (χ1n) is 39.7. The minimum atomic E-state index is -0.442. The third-order valence-corrected chi connectivity index (χ3v) is 21.8. The van der Waals surface area contributed by atoms with Crippen molar-refractivity contribution in [2.75, 3.05) is 6.61 Å². The summed E-state index contributed by atoms with van der Waals surface area (Å²) >= 11 is 0. The molecule has 0 atom stereocenters. The Balaban J connectivity index is 0. The van der Waals surface area contributed by atoms with Gasteiger partial charge in [-0.15, -0.1) is 12.3 Å². The van der Waals surface area contributed by atoms with Crippen molar-refractivity contribution in [3.05, 3.63) is 249 Å². The first-order valence-corrected chi connectivity index (χ1v) is 39.7. The van der Waals surface area contributed by atoms with Gasteiger partial charge >= 0.3 is 11.9 Å². The lowest BCUT2D eigenvalue weighted by molar-refractivity contribution is -0.140. The van der Waals surface area contributed by atoms with Gasteiger partial charge in [-0.1, -0.05) is 141 Å². The van der Waals surface area contributed by atoms with Crippen LogP contribution in [0, 0.1) is 245 Å². The van der Waals surface area contributed by atoms with E-state index in [4.69, 9.17) is 15.9 Å². The van der Waals surface area contributed by atoms with Crippen LogP contribution in [0.15, 0.2) is 48.6 Å². The van der Waals surface area contributed by atoms with Crippen LogP contribution < -0.4 is 0 Å². The van der Waals surface area contributed by atoms with Gasteiger partial charge in [0.15, 0.2) is 18.2 Å². The molecule has 0 N–H and O–H groups in total. The van der Waals surface area contributed by atoms with Crippen LogP contribution >= 0.6 is 0 Å². The average Bonchev–Trinajstić information content (AvgIpc) is 0.788. The zero-order valence-electron chi connectivity index (χ0n) is 77.3. The number of unbranched alkanes of at least 4 members (excludes halogenated alkanes) is 1. The first kappa shape index (κ1) is 104. The van der Waals surface area contributed by atoms with Gasteiger partial charge < -0.3 is 9.47 Å². The van der Waals surface area contributed by atoms with Crippen LogP contribution in [0.1, 0.15) is 316 Å². The van der Waals surface area contributed by atoms with Crippen molar-refractivity contribution in [1.82, 2.24) is 0 Å². The summed E-state index contributed by atoms with van der Waals surface area (Å²) in [6, 6.07) is 0. The van der Waals surface area contributed by atoms with Gasteiger partial charge in [0.1, 0.15) is 6.61 Å². The molecule has 0 saturated carbocycles. The normalized spacial score (nSPS) is 9.55. The van der Waals surface area contributed by atoms with Gasteiger partial charge in [0.2, 0.25) is 0 Å². The summed E-state index contributed by atoms with van der Waals surface area (Å²) in [4.78, 5) is 43.6. The van der Waals surface area contributed by atoms with E-state index in [-0.39, 0.29) is 30.7 Å². The third-order valence-electron chi connectivity index (χ3n) is 21.8. The van der Waals surface area contributed by atoms with Crippen LogP contribution in [0.4, 0.5) is 0 Å². The van der Waals surface area contributed by atoms with Gasteiger partial charge in [0.05, 0.1) is 0 Å². The Morgan fingerprint density at radius 2 is 0.482 bits per heavy atom. The number of esters is 2. The molecule has 600 valence electrons. The van der Waals surface area contributed by atoms with Gasteiger partial charge in [-0.05, 0) is 401 Å². The standard InChI is InChI=1S/C34H38O4.C28H34.C25H32.2C5H8O.C5H8.2C2H6/c1-19(2)33(35)37-17-13-14-29-21(5)23(7)30(24(8)22(29)6)15-16-31-25(9)27(11)32(28(12)26(31)10)18-38-34(36)20(3)4;1-11-13-14-26-21(7)23(9)28(24(10)22(26)8)16-15-27-19(5)17(3)25(12-2)18(4)20(27)6;1-11-23-19(7)21(9)25(22(10)20(23)8)13-12-24-17(5)15(3)14(2)16(4)18(24)6;2*1-4(2)5(3)6;1-3-5-4-2;2*1-2/h1,3,17-18H2,2,4-12H3;11-12H2,1-10H3;11H2,1-10H3;2*1H2,2-3H3;1H,4-5H2,2H3;2*1-2H3. The molecule has 112 heavy (non-hydrogen) atoms. The number of carbonyl (C=O) groups excluding carboxylic acids is 4. The molecule has 6 rings (SSSR count). The molecule has 0 spiro atoms. The summed E-state index contributed by atoms with van der Waals surface area (Å²) in [5.41, 5.74) is 46.1. The number of rotatable bonds is 10. The Labute approximate surface area is 683 Å². The Morgan fingerprint density at radius 1 is 0.286 bits per heavy atom.